The first kappa shape index (κ1) is 33.6. The minimum absolute atomic E-state index is 0.266. The first-order valence-electron chi connectivity index (χ1n) is 15.4. The zero-order valence-electron chi connectivity index (χ0n) is 26.5. The molecule has 0 unspecified atom stereocenters. The molecular formula is C38H38O8. The van der Waals surface area contributed by atoms with Crippen LogP contribution in [0, 0.1) is 0 Å². The van der Waals surface area contributed by atoms with Crippen LogP contribution in [0.5, 0.6) is 0 Å². The Labute approximate surface area is 269 Å². The van der Waals surface area contributed by atoms with Gasteiger partial charge < -0.3 is 18.9 Å². The standard InChI is InChI=1S/C38H38O8/c1-5-43-35(39)29-17-9-25(10-18-29)33(26-11-19-30(20-12-26)36(40)44-6-2)34(27-13-21-31(22-14-27)37(41)45-7-3)28-15-23-32(24-16-28)38(42)46-8-4/h9-24,33-34H,5-8H2,1-4H3. The van der Waals surface area contributed by atoms with E-state index in [9.17, 15) is 19.2 Å². The van der Waals surface area contributed by atoms with E-state index in [4.69, 9.17) is 18.9 Å². The highest BCUT2D eigenvalue weighted by atomic mass is 16.5. The molecule has 0 heterocycles. The summed E-state index contributed by atoms with van der Waals surface area (Å²) in [5, 5.41) is 0. The van der Waals surface area contributed by atoms with E-state index in [0.29, 0.717) is 22.3 Å². The van der Waals surface area contributed by atoms with Crippen molar-refractivity contribution in [1.82, 2.24) is 0 Å². The molecule has 4 rings (SSSR count). The van der Waals surface area contributed by atoms with Crippen LogP contribution >= 0.6 is 0 Å². The lowest BCUT2D eigenvalue weighted by molar-refractivity contribution is 0.0516. The van der Waals surface area contributed by atoms with Crippen LogP contribution in [0.3, 0.4) is 0 Å². The van der Waals surface area contributed by atoms with Crippen LogP contribution in [0.15, 0.2) is 97.1 Å². The Morgan fingerprint density at radius 1 is 0.370 bits per heavy atom. The Hall–Kier alpha value is -5.24. The van der Waals surface area contributed by atoms with Gasteiger partial charge in [0, 0.05) is 11.8 Å². The zero-order chi connectivity index (χ0) is 33.1. The lowest BCUT2D eigenvalue weighted by Crippen LogP contribution is -2.16. The van der Waals surface area contributed by atoms with Gasteiger partial charge in [-0.2, -0.15) is 0 Å². The molecule has 4 aromatic carbocycles. The largest absolute Gasteiger partial charge is 0.462 e. The van der Waals surface area contributed by atoms with Gasteiger partial charge in [0.1, 0.15) is 0 Å². The van der Waals surface area contributed by atoms with Gasteiger partial charge in [0.15, 0.2) is 0 Å². The van der Waals surface area contributed by atoms with Crippen molar-refractivity contribution < 1.29 is 38.1 Å². The molecule has 0 bridgehead atoms. The van der Waals surface area contributed by atoms with E-state index in [-0.39, 0.29) is 38.3 Å². The van der Waals surface area contributed by atoms with Crippen LogP contribution in [0.1, 0.15) is 103 Å². The Balaban J connectivity index is 1.89. The van der Waals surface area contributed by atoms with E-state index in [1.54, 1.807) is 76.2 Å². The highest BCUT2D eigenvalue weighted by Crippen LogP contribution is 2.43. The third-order valence-corrected chi connectivity index (χ3v) is 7.46. The van der Waals surface area contributed by atoms with Crippen molar-refractivity contribution >= 4 is 23.9 Å². The molecule has 0 aromatic heterocycles. The van der Waals surface area contributed by atoms with Crippen LogP contribution in [-0.4, -0.2) is 50.3 Å². The summed E-state index contributed by atoms with van der Waals surface area (Å²) in [6.07, 6.45) is 0. The third-order valence-electron chi connectivity index (χ3n) is 7.46. The van der Waals surface area contributed by atoms with Gasteiger partial charge in [0.05, 0.1) is 48.7 Å². The summed E-state index contributed by atoms with van der Waals surface area (Å²) in [5.41, 5.74) is 5.29. The summed E-state index contributed by atoms with van der Waals surface area (Å²) in [6.45, 7) is 8.09. The summed E-state index contributed by atoms with van der Waals surface area (Å²) in [7, 11) is 0. The summed E-state index contributed by atoms with van der Waals surface area (Å²) in [5.74, 6) is -2.30. The van der Waals surface area contributed by atoms with Gasteiger partial charge in [-0.15, -0.1) is 0 Å². The molecule has 0 aliphatic carbocycles. The number of carbonyl (C=O) groups excluding carboxylic acids is 4. The van der Waals surface area contributed by atoms with Crippen molar-refractivity contribution in [3.8, 4) is 0 Å². The second kappa shape index (κ2) is 16.2. The molecule has 0 spiro atoms. The Morgan fingerprint density at radius 3 is 0.696 bits per heavy atom. The number of carbonyl (C=O) groups is 4. The van der Waals surface area contributed by atoms with Gasteiger partial charge in [-0.3, -0.25) is 0 Å². The minimum Gasteiger partial charge on any atom is -0.462 e. The van der Waals surface area contributed by atoms with E-state index in [0.717, 1.165) is 22.3 Å². The average Bonchev–Trinajstić information content (AvgIpc) is 3.08. The Kier molecular flexibility index (Phi) is 11.8. The summed E-state index contributed by atoms with van der Waals surface area (Å²) >= 11 is 0. The van der Waals surface area contributed by atoms with Crippen LogP contribution in [0.2, 0.25) is 0 Å². The van der Waals surface area contributed by atoms with Crippen molar-refractivity contribution in [2.75, 3.05) is 26.4 Å². The maximum atomic E-state index is 12.5. The lowest BCUT2D eigenvalue weighted by atomic mass is 9.73. The first-order chi connectivity index (χ1) is 22.3. The van der Waals surface area contributed by atoms with E-state index in [2.05, 4.69) is 0 Å². The second-order valence-electron chi connectivity index (χ2n) is 10.3. The van der Waals surface area contributed by atoms with Crippen molar-refractivity contribution in [3.63, 3.8) is 0 Å². The van der Waals surface area contributed by atoms with E-state index < -0.39 is 23.9 Å². The fourth-order valence-electron chi connectivity index (χ4n) is 5.32. The molecule has 0 radical (unpaired) electrons. The van der Waals surface area contributed by atoms with Gasteiger partial charge >= 0.3 is 23.9 Å². The zero-order valence-corrected chi connectivity index (χ0v) is 26.5. The smallest absolute Gasteiger partial charge is 0.338 e. The molecule has 0 saturated carbocycles. The molecule has 0 saturated heterocycles. The molecule has 0 fully saturated rings. The molecular weight excluding hydrogens is 584 g/mol. The maximum Gasteiger partial charge on any atom is 0.338 e. The van der Waals surface area contributed by atoms with Gasteiger partial charge in [0.25, 0.3) is 0 Å². The van der Waals surface area contributed by atoms with Crippen LogP contribution < -0.4 is 0 Å². The Bertz CT molecular complexity index is 1370. The lowest BCUT2D eigenvalue weighted by Gasteiger charge is -2.30. The molecule has 0 atom stereocenters. The number of hydrogen-bond acceptors (Lipinski definition) is 8. The summed E-state index contributed by atoms with van der Waals surface area (Å²) in [4.78, 5) is 49.8. The summed E-state index contributed by atoms with van der Waals surface area (Å²) in [6, 6.07) is 29.0. The molecule has 4 aromatic rings. The predicted molar refractivity (Wildman–Crippen MR) is 173 cm³/mol. The average molecular weight is 623 g/mol. The monoisotopic (exact) mass is 622 g/mol. The van der Waals surface area contributed by atoms with E-state index >= 15 is 0 Å². The number of rotatable bonds is 13. The maximum absolute atomic E-state index is 12.5. The van der Waals surface area contributed by atoms with Crippen molar-refractivity contribution in [2.24, 2.45) is 0 Å². The van der Waals surface area contributed by atoms with Gasteiger partial charge in [0.2, 0.25) is 0 Å². The normalized spacial score (nSPS) is 10.8. The highest BCUT2D eigenvalue weighted by molar-refractivity contribution is 5.91. The molecule has 0 amide bonds. The first-order valence-corrected chi connectivity index (χ1v) is 15.4. The molecule has 238 valence electrons. The number of benzene rings is 4. The fraction of sp³-hybridized carbons (Fsp3) is 0.263. The molecule has 46 heavy (non-hydrogen) atoms. The highest BCUT2D eigenvalue weighted by Gasteiger charge is 2.29. The quantitative estimate of drug-likeness (QED) is 0.113. The number of hydrogen-bond donors (Lipinski definition) is 0. The minimum atomic E-state index is -0.412. The SMILES string of the molecule is CCOC(=O)c1ccc(C(c2ccc(C(=O)OCC)cc2)C(c2ccc(C(=O)OCC)cc2)c2ccc(C(=O)OCC)cc2)cc1. The fourth-order valence-corrected chi connectivity index (χ4v) is 5.32. The molecule has 8 nitrogen and oxygen atoms in total. The van der Waals surface area contributed by atoms with Gasteiger partial charge in [-0.05, 0) is 98.5 Å². The molecule has 0 N–H and O–H groups in total. The molecule has 0 aliphatic heterocycles. The van der Waals surface area contributed by atoms with Crippen LogP contribution in [-0.2, 0) is 18.9 Å². The van der Waals surface area contributed by atoms with Gasteiger partial charge in [-0.1, -0.05) is 48.5 Å². The molecule has 0 aliphatic rings. The van der Waals surface area contributed by atoms with Crippen LogP contribution in [0.25, 0.3) is 0 Å². The predicted octanol–water partition coefficient (Wildman–Crippen LogP) is 7.36. The van der Waals surface area contributed by atoms with Crippen molar-refractivity contribution in [3.05, 3.63) is 142 Å². The van der Waals surface area contributed by atoms with E-state index in [1.807, 2.05) is 48.5 Å². The summed E-state index contributed by atoms with van der Waals surface area (Å²) < 4.78 is 20.8. The third kappa shape index (κ3) is 8.07. The van der Waals surface area contributed by atoms with Crippen LogP contribution in [0.4, 0.5) is 0 Å². The number of ether oxygens (including phenoxy) is 4. The Morgan fingerprint density at radius 2 is 0.543 bits per heavy atom. The van der Waals surface area contributed by atoms with E-state index in [1.165, 1.54) is 0 Å². The topological polar surface area (TPSA) is 105 Å². The molecule has 8 heteroatoms. The van der Waals surface area contributed by atoms with Crippen molar-refractivity contribution in [2.45, 2.75) is 39.5 Å². The number of esters is 4. The second-order valence-corrected chi connectivity index (χ2v) is 10.3. The van der Waals surface area contributed by atoms with Gasteiger partial charge in [-0.25, -0.2) is 19.2 Å². The van der Waals surface area contributed by atoms with Crippen molar-refractivity contribution in [1.29, 1.82) is 0 Å².